The lowest BCUT2D eigenvalue weighted by molar-refractivity contribution is -0.142. The van der Waals surface area contributed by atoms with E-state index in [1.807, 2.05) is 0 Å². The highest BCUT2D eigenvalue weighted by Gasteiger charge is 2.36. The Morgan fingerprint density at radius 2 is 2.15 bits per heavy atom. The summed E-state index contributed by atoms with van der Waals surface area (Å²) < 4.78 is 28.3. The summed E-state index contributed by atoms with van der Waals surface area (Å²) in [6.07, 6.45) is 4.22. The monoisotopic (exact) mass is 299 g/mol. The van der Waals surface area contributed by atoms with Gasteiger partial charge in [-0.15, -0.1) is 0 Å². The molecule has 110 valence electrons. The molecule has 0 bridgehead atoms. The van der Waals surface area contributed by atoms with Crippen molar-refractivity contribution in [3.63, 3.8) is 0 Å². The SMILES string of the molecule is O=C(O)C1CCCN(S(=O)(=O)c2cnc3n2CCC3)C1. The van der Waals surface area contributed by atoms with Crippen molar-refractivity contribution in [2.24, 2.45) is 5.92 Å². The predicted octanol–water partition coefficient (Wildman–Crippen LogP) is 0.315. The number of fused-ring (bicyclic) bond motifs is 1. The normalized spacial score (nSPS) is 23.7. The molecule has 7 nitrogen and oxygen atoms in total. The lowest BCUT2D eigenvalue weighted by atomic mass is 10.0. The van der Waals surface area contributed by atoms with E-state index in [2.05, 4.69) is 4.98 Å². The summed E-state index contributed by atoms with van der Waals surface area (Å²) >= 11 is 0. The van der Waals surface area contributed by atoms with Gasteiger partial charge in [0.1, 0.15) is 5.82 Å². The molecule has 0 saturated carbocycles. The van der Waals surface area contributed by atoms with Crippen LogP contribution in [0.3, 0.4) is 0 Å². The van der Waals surface area contributed by atoms with Gasteiger partial charge in [-0.05, 0) is 19.3 Å². The highest BCUT2D eigenvalue weighted by atomic mass is 32.2. The third kappa shape index (κ3) is 2.12. The van der Waals surface area contributed by atoms with E-state index in [1.165, 1.54) is 10.5 Å². The molecule has 0 radical (unpaired) electrons. The van der Waals surface area contributed by atoms with Gasteiger partial charge in [-0.3, -0.25) is 4.79 Å². The second-order valence-electron chi connectivity index (χ2n) is 5.31. The fourth-order valence-corrected chi connectivity index (χ4v) is 4.60. The summed E-state index contributed by atoms with van der Waals surface area (Å²) in [5, 5.41) is 9.27. The molecule has 3 rings (SSSR count). The third-order valence-corrected chi connectivity index (χ3v) is 5.89. The second kappa shape index (κ2) is 4.85. The average molecular weight is 299 g/mol. The molecule has 1 aromatic rings. The van der Waals surface area contributed by atoms with Crippen LogP contribution in [0.25, 0.3) is 0 Å². The number of aromatic nitrogens is 2. The smallest absolute Gasteiger partial charge is 0.307 e. The van der Waals surface area contributed by atoms with Crippen LogP contribution in [0.1, 0.15) is 25.1 Å². The number of aliphatic carboxylic acids is 1. The van der Waals surface area contributed by atoms with Crippen LogP contribution >= 0.6 is 0 Å². The zero-order valence-corrected chi connectivity index (χ0v) is 11.8. The summed E-state index contributed by atoms with van der Waals surface area (Å²) in [5.41, 5.74) is 0. The number of carboxylic acid groups (broad SMARTS) is 1. The Kier molecular flexibility index (Phi) is 3.29. The van der Waals surface area contributed by atoms with Crippen LogP contribution in [0, 0.1) is 5.92 Å². The van der Waals surface area contributed by atoms with Gasteiger partial charge in [0, 0.05) is 26.1 Å². The Balaban J connectivity index is 1.89. The fourth-order valence-electron chi connectivity index (χ4n) is 2.93. The molecule has 2 aliphatic rings. The third-order valence-electron chi connectivity index (χ3n) is 4.02. The summed E-state index contributed by atoms with van der Waals surface area (Å²) in [6, 6.07) is 0. The van der Waals surface area contributed by atoms with Crippen molar-refractivity contribution in [3.05, 3.63) is 12.0 Å². The summed E-state index contributed by atoms with van der Waals surface area (Å²) in [6.45, 7) is 1.10. The molecule has 1 fully saturated rings. The van der Waals surface area contributed by atoms with Crippen molar-refractivity contribution < 1.29 is 18.3 Å². The number of nitrogens with zero attached hydrogens (tertiary/aromatic N) is 3. The first kappa shape index (κ1) is 13.6. The van der Waals surface area contributed by atoms with Gasteiger partial charge in [0.05, 0.1) is 12.1 Å². The van der Waals surface area contributed by atoms with Crippen LogP contribution in [-0.2, 0) is 27.8 Å². The van der Waals surface area contributed by atoms with Crippen LogP contribution in [-0.4, -0.2) is 46.4 Å². The topological polar surface area (TPSA) is 92.5 Å². The number of rotatable bonds is 3. The van der Waals surface area contributed by atoms with Crippen LogP contribution in [0.15, 0.2) is 11.2 Å². The van der Waals surface area contributed by atoms with Gasteiger partial charge in [-0.2, -0.15) is 4.31 Å². The Morgan fingerprint density at radius 3 is 2.90 bits per heavy atom. The molecule has 3 heterocycles. The molecule has 0 spiro atoms. The minimum absolute atomic E-state index is 0.0537. The van der Waals surface area contributed by atoms with E-state index < -0.39 is 21.9 Å². The van der Waals surface area contributed by atoms with E-state index in [4.69, 9.17) is 5.11 Å². The van der Waals surface area contributed by atoms with Gasteiger partial charge in [-0.25, -0.2) is 13.4 Å². The molecule has 1 atom stereocenters. The second-order valence-corrected chi connectivity index (χ2v) is 7.19. The lowest BCUT2D eigenvalue weighted by Crippen LogP contribution is -2.42. The van der Waals surface area contributed by atoms with Crippen LogP contribution in [0.5, 0.6) is 0 Å². The van der Waals surface area contributed by atoms with E-state index in [0.717, 1.165) is 18.7 Å². The van der Waals surface area contributed by atoms with Gasteiger partial charge < -0.3 is 9.67 Å². The van der Waals surface area contributed by atoms with Gasteiger partial charge in [0.15, 0.2) is 5.03 Å². The standard InChI is InChI=1S/C12H17N3O4S/c16-12(17)9-3-1-5-14(8-9)20(18,19)11-7-13-10-4-2-6-15(10)11/h7,9H,1-6,8H2,(H,16,17). The van der Waals surface area contributed by atoms with Crippen LogP contribution in [0.2, 0.25) is 0 Å². The van der Waals surface area contributed by atoms with Gasteiger partial charge in [0.25, 0.3) is 10.0 Å². The Bertz CT molecular complexity index is 637. The van der Waals surface area contributed by atoms with Crippen molar-refractivity contribution in [3.8, 4) is 0 Å². The number of aryl methyl sites for hydroxylation is 1. The van der Waals surface area contributed by atoms with E-state index >= 15 is 0 Å². The van der Waals surface area contributed by atoms with Crippen molar-refractivity contribution in [2.45, 2.75) is 37.3 Å². The number of hydrogen-bond acceptors (Lipinski definition) is 4. The number of piperidine rings is 1. The maximum atomic E-state index is 12.6. The number of sulfonamides is 1. The summed E-state index contributed by atoms with van der Waals surface area (Å²) in [5.74, 6) is -0.738. The first-order valence-electron chi connectivity index (χ1n) is 6.77. The summed E-state index contributed by atoms with van der Waals surface area (Å²) in [4.78, 5) is 15.2. The Morgan fingerprint density at radius 1 is 1.35 bits per heavy atom. The molecular weight excluding hydrogens is 282 g/mol. The molecule has 1 aromatic heterocycles. The number of carboxylic acids is 1. The van der Waals surface area contributed by atoms with Gasteiger partial charge >= 0.3 is 5.97 Å². The van der Waals surface area contributed by atoms with Crippen LogP contribution < -0.4 is 0 Å². The number of hydrogen-bond donors (Lipinski definition) is 1. The number of carbonyl (C=O) groups is 1. The van der Waals surface area contributed by atoms with Crippen LogP contribution in [0.4, 0.5) is 0 Å². The molecule has 1 N–H and O–H groups in total. The Hall–Kier alpha value is -1.41. The molecule has 0 aromatic carbocycles. The molecule has 20 heavy (non-hydrogen) atoms. The quantitative estimate of drug-likeness (QED) is 0.867. The molecular formula is C12H17N3O4S. The van der Waals surface area contributed by atoms with Crippen molar-refractivity contribution in [2.75, 3.05) is 13.1 Å². The van der Waals surface area contributed by atoms with Gasteiger partial charge in [-0.1, -0.05) is 0 Å². The van der Waals surface area contributed by atoms with E-state index in [0.29, 0.717) is 25.9 Å². The first-order valence-corrected chi connectivity index (χ1v) is 8.21. The highest BCUT2D eigenvalue weighted by molar-refractivity contribution is 7.89. The maximum Gasteiger partial charge on any atom is 0.307 e. The van der Waals surface area contributed by atoms with E-state index in [9.17, 15) is 13.2 Å². The minimum Gasteiger partial charge on any atom is -0.481 e. The highest BCUT2D eigenvalue weighted by Crippen LogP contribution is 2.26. The molecule has 8 heteroatoms. The summed E-state index contributed by atoms with van der Waals surface area (Å²) in [7, 11) is -3.64. The molecule has 1 saturated heterocycles. The largest absolute Gasteiger partial charge is 0.481 e. The Labute approximate surface area is 117 Å². The minimum atomic E-state index is -3.64. The van der Waals surface area contributed by atoms with Crippen molar-refractivity contribution in [1.82, 2.24) is 13.9 Å². The van der Waals surface area contributed by atoms with E-state index in [-0.39, 0.29) is 11.6 Å². The zero-order valence-electron chi connectivity index (χ0n) is 11.0. The first-order chi connectivity index (χ1) is 9.50. The molecule has 0 aliphatic carbocycles. The van der Waals surface area contributed by atoms with Crippen molar-refractivity contribution in [1.29, 1.82) is 0 Å². The molecule has 0 amide bonds. The lowest BCUT2D eigenvalue weighted by Gasteiger charge is -2.29. The fraction of sp³-hybridized carbons (Fsp3) is 0.667. The van der Waals surface area contributed by atoms with Gasteiger partial charge in [0.2, 0.25) is 0 Å². The maximum absolute atomic E-state index is 12.6. The average Bonchev–Trinajstić information content (AvgIpc) is 3.00. The van der Waals surface area contributed by atoms with E-state index in [1.54, 1.807) is 4.57 Å². The van der Waals surface area contributed by atoms with Crippen molar-refractivity contribution >= 4 is 16.0 Å². The molecule has 2 aliphatic heterocycles. The zero-order chi connectivity index (χ0) is 14.3. The number of imidazole rings is 1. The molecule has 1 unspecified atom stereocenters. The predicted molar refractivity (Wildman–Crippen MR) is 69.7 cm³/mol.